The van der Waals surface area contributed by atoms with Gasteiger partial charge in [0.2, 0.25) is 0 Å². The van der Waals surface area contributed by atoms with Crippen molar-refractivity contribution in [2.24, 2.45) is 5.92 Å². The first-order valence-corrected chi connectivity index (χ1v) is 11.5. The molecule has 2 N–H and O–H groups in total. The van der Waals surface area contributed by atoms with Crippen molar-refractivity contribution in [3.05, 3.63) is 79.5 Å². The molecule has 1 atom stereocenters. The number of hydrogen-bond acceptors (Lipinski definition) is 5. The molecule has 1 aliphatic carbocycles. The van der Waals surface area contributed by atoms with Gasteiger partial charge in [-0.1, -0.05) is 38.3 Å². The molecule has 158 valence electrons. The minimum Gasteiger partial charge on any atom is -0.508 e. The molecule has 0 spiro atoms. The molecular formula is C25H28O4S. The van der Waals surface area contributed by atoms with Crippen LogP contribution in [-0.2, 0) is 19.3 Å². The number of rotatable bonds is 9. The lowest BCUT2D eigenvalue weighted by Gasteiger charge is -2.17. The average molecular weight is 425 g/mol. The third-order valence-electron chi connectivity index (χ3n) is 5.75. The molecule has 1 saturated carbocycles. The first-order valence-electron chi connectivity index (χ1n) is 10.7. The van der Waals surface area contributed by atoms with Gasteiger partial charge in [-0.25, -0.2) is 4.79 Å². The summed E-state index contributed by atoms with van der Waals surface area (Å²) in [7, 11) is 0. The van der Waals surface area contributed by atoms with Crippen LogP contribution in [0.15, 0.2) is 51.7 Å². The second-order valence-electron chi connectivity index (χ2n) is 8.34. The number of hydrogen-bond donors (Lipinski definition) is 2. The van der Waals surface area contributed by atoms with Crippen LogP contribution in [-0.4, -0.2) is 10.2 Å². The number of phenols is 1. The van der Waals surface area contributed by atoms with E-state index in [2.05, 4.69) is 13.0 Å². The number of phenolic OH excluding ortho intramolecular Hbond substituents is 1. The third kappa shape index (κ3) is 5.14. The van der Waals surface area contributed by atoms with Crippen molar-refractivity contribution in [2.75, 3.05) is 0 Å². The molecule has 2 aromatic heterocycles. The van der Waals surface area contributed by atoms with Crippen LogP contribution in [0, 0.1) is 5.92 Å². The molecule has 1 aliphatic rings. The van der Waals surface area contributed by atoms with Gasteiger partial charge >= 0.3 is 5.63 Å². The summed E-state index contributed by atoms with van der Waals surface area (Å²) in [5, 5.41) is 20.2. The van der Waals surface area contributed by atoms with Crippen molar-refractivity contribution < 1.29 is 14.6 Å². The Balaban J connectivity index is 1.56. The highest BCUT2D eigenvalue weighted by atomic mass is 32.1. The number of aromatic hydroxyl groups is 2. The minimum absolute atomic E-state index is 0.0261. The molecule has 4 rings (SSSR count). The van der Waals surface area contributed by atoms with Gasteiger partial charge in [0.05, 0.1) is 5.56 Å². The topological polar surface area (TPSA) is 70.7 Å². The van der Waals surface area contributed by atoms with Crippen LogP contribution in [0.5, 0.6) is 11.5 Å². The molecule has 0 aliphatic heterocycles. The Morgan fingerprint density at radius 1 is 1.10 bits per heavy atom. The van der Waals surface area contributed by atoms with Crippen molar-refractivity contribution in [3.63, 3.8) is 0 Å². The van der Waals surface area contributed by atoms with Crippen LogP contribution in [0.25, 0.3) is 0 Å². The summed E-state index contributed by atoms with van der Waals surface area (Å²) in [5.41, 5.74) is 0.965. The first kappa shape index (κ1) is 20.7. The number of aryl methyl sites for hydroxylation is 1. The van der Waals surface area contributed by atoms with Gasteiger partial charge in [-0.15, -0.1) is 11.3 Å². The summed E-state index contributed by atoms with van der Waals surface area (Å²) in [4.78, 5) is 15.1. The van der Waals surface area contributed by atoms with E-state index < -0.39 is 5.63 Å². The molecule has 5 heteroatoms. The molecular weight excluding hydrogens is 396 g/mol. The summed E-state index contributed by atoms with van der Waals surface area (Å²) in [5.74, 6) is 1.51. The van der Waals surface area contributed by atoms with Crippen molar-refractivity contribution in [1.29, 1.82) is 0 Å². The fourth-order valence-corrected chi connectivity index (χ4v) is 5.06. The van der Waals surface area contributed by atoms with E-state index in [1.165, 1.54) is 17.7 Å². The Bertz CT molecular complexity index is 1040. The lowest BCUT2D eigenvalue weighted by molar-refractivity contribution is 0.377. The Labute approximate surface area is 180 Å². The van der Waals surface area contributed by atoms with Gasteiger partial charge in [0, 0.05) is 28.2 Å². The monoisotopic (exact) mass is 424 g/mol. The van der Waals surface area contributed by atoms with Gasteiger partial charge in [-0.05, 0) is 55.0 Å². The zero-order chi connectivity index (χ0) is 21.1. The second kappa shape index (κ2) is 9.09. The maximum absolute atomic E-state index is 12.7. The van der Waals surface area contributed by atoms with Crippen molar-refractivity contribution in [2.45, 2.75) is 57.8 Å². The molecule has 1 fully saturated rings. The Kier molecular flexibility index (Phi) is 6.28. The molecule has 0 bridgehead atoms. The van der Waals surface area contributed by atoms with Gasteiger partial charge in [0.15, 0.2) is 0 Å². The van der Waals surface area contributed by atoms with E-state index in [1.54, 1.807) is 29.5 Å². The molecule has 3 aromatic rings. The van der Waals surface area contributed by atoms with Crippen molar-refractivity contribution in [1.82, 2.24) is 0 Å². The molecule has 1 aromatic carbocycles. The van der Waals surface area contributed by atoms with E-state index in [1.807, 2.05) is 18.2 Å². The zero-order valence-electron chi connectivity index (χ0n) is 17.3. The fraction of sp³-hybridized carbons (Fsp3) is 0.400. The molecule has 30 heavy (non-hydrogen) atoms. The summed E-state index contributed by atoms with van der Waals surface area (Å²) >= 11 is 1.69. The van der Waals surface area contributed by atoms with Crippen LogP contribution in [0.4, 0.5) is 0 Å². The summed E-state index contributed by atoms with van der Waals surface area (Å²) in [6.45, 7) is 2.15. The van der Waals surface area contributed by atoms with Gasteiger partial charge in [-0.3, -0.25) is 0 Å². The number of benzene rings is 1. The van der Waals surface area contributed by atoms with E-state index in [0.717, 1.165) is 29.7 Å². The number of thiophene rings is 1. The maximum atomic E-state index is 12.7. The quantitative estimate of drug-likeness (QED) is 0.457. The van der Waals surface area contributed by atoms with E-state index >= 15 is 0 Å². The highest BCUT2D eigenvalue weighted by Gasteiger charge is 2.29. The zero-order valence-corrected chi connectivity index (χ0v) is 18.1. The molecule has 0 amide bonds. The standard InChI is InChI=1S/C25H28O4S/c1-2-3-20-10-11-21(30-20)14-22-23(27)15-24(29-25(22)28)18(12-16-4-5-16)13-17-6-8-19(26)9-7-17/h6-11,15-16,18,26-27H,2-5,12-14H2,1H3. The van der Waals surface area contributed by atoms with Crippen LogP contribution >= 0.6 is 11.3 Å². The highest BCUT2D eigenvalue weighted by molar-refractivity contribution is 7.12. The predicted octanol–water partition coefficient (Wildman–Crippen LogP) is 5.78. The van der Waals surface area contributed by atoms with Gasteiger partial charge in [-0.2, -0.15) is 0 Å². The molecule has 0 radical (unpaired) electrons. The van der Waals surface area contributed by atoms with Crippen LogP contribution < -0.4 is 5.63 Å². The molecule has 0 saturated heterocycles. The first-order chi connectivity index (χ1) is 14.5. The fourth-order valence-electron chi connectivity index (χ4n) is 3.93. The SMILES string of the molecule is CCCc1ccc(Cc2c(O)cc(C(Cc3ccc(O)cc3)CC3CC3)oc2=O)s1. The van der Waals surface area contributed by atoms with E-state index in [9.17, 15) is 15.0 Å². The Morgan fingerprint density at radius 2 is 1.83 bits per heavy atom. The summed E-state index contributed by atoms with van der Waals surface area (Å²) in [6, 6.07) is 12.9. The van der Waals surface area contributed by atoms with E-state index in [4.69, 9.17) is 4.42 Å². The summed E-state index contributed by atoms with van der Waals surface area (Å²) in [6.07, 6.45) is 6.58. The highest BCUT2D eigenvalue weighted by Crippen LogP contribution is 2.40. The average Bonchev–Trinajstić information content (AvgIpc) is 3.43. The largest absolute Gasteiger partial charge is 0.508 e. The molecule has 2 heterocycles. The summed E-state index contributed by atoms with van der Waals surface area (Å²) < 4.78 is 5.74. The van der Waals surface area contributed by atoms with Crippen molar-refractivity contribution in [3.8, 4) is 11.5 Å². The Morgan fingerprint density at radius 3 is 2.50 bits per heavy atom. The van der Waals surface area contributed by atoms with Crippen LogP contribution in [0.3, 0.4) is 0 Å². The molecule has 4 nitrogen and oxygen atoms in total. The smallest absolute Gasteiger partial charge is 0.343 e. The minimum atomic E-state index is -0.443. The van der Waals surface area contributed by atoms with Gasteiger partial charge in [0.25, 0.3) is 0 Å². The Hall–Kier alpha value is -2.53. The van der Waals surface area contributed by atoms with Crippen LogP contribution in [0.1, 0.15) is 65.2 Å². The lowest BCUT2D eigenvalue weighted by atomic mass is 9.91. The predicted molar refractivity (Wildman–Crippen MR) is 120 cm³/mol. The van der Waals surface area contributed by atoms with Gasteiger partial charge < -0.3 is 14.6 Å². The maximum Gasteiger partial charge on any atom is 0.343 e. The van der Waals surface area contributed by atoms with E-state index in [-0.39, 0.29) is 17.4 Å². The van der Waals surface area contributed by atoms with E-state index in [0.29, 0.717) is 30.1 Å². The van der Waals surface area contributed by atoms with Crippen molar-refractivity contribution >= 4 is 11.3 Å². The molecule has 1 unspecified atom stereocenters. The normalized spacial score (nSPS) is 14.7. The lowest BCUT2D eigenvalue weighted by Crippen LogP contribution is -2.13. The van der Waals surface area contributed by atoms with Crippen LogP contribution in [0.2, 0.25) is 0 Å². The van der Waals surface area contributed by atoms with Gasteiger partial charge in [0.1, 0.15) is 17.3 Å². The third-order valence-corrected chi connectivity index (χ3v) is 6.89. The second-order valence-corrected chi connectivity index (χ2v) is 9.59.